The van der Waals surface area contributed by atoms with Gasteiger partial charge in [0.1, 0.15) is 0 Å². The number of nitrogens with zero attached hydrogens (tertiary/aromatic N) is 1. The van der Waals surface area contributed by atoms with E-state index in [1.54, 1.807) is 0 Å². The minimum atomic E-state index is 0.0484. The van der Waals surface area contributed by atoms with Crippen LogP contribution in [0, 0.1) is 0 Å². The topological polar surface area (TPSA) is 12.5 Å². The Morgan fingerprint density at radius 1 is 1.56 bits per heavy atom. The molecule has 1 saturated heterocycles. The van der Waals surface area contributed by atoms with Gasteiger partial charge in [-0.25, -0.2) is 0 Å². The molecule has 1 unspecified atom stereocenters. The highest BCUT2D eigenvalue weighted by Gasteiger charge is 2.30. The van der Waals surface area contributed by atoms with E-state index in [4.69, 9.17) is 4.74 Å². The summed E-state index contributed by atoms with van der Waals surface area (Å²) in [5.41, 5.74) is 0.0484. The van der Waals surface area contributed by atoms with Crippen LogP contribution in [0.2, 0.25) is 0 Å². The summed E-state index contributed by atoms with van der Waals surface area (Å²) in [7, 11) is 1.82. The summed E-state index contributed by atoms with van der Waals surface area (Å²) in [6.45, 7) is 5.49. The van der Waals surface area contributed by atoms with Crippen molar-refractivity contribution in [2.75, 3.05) is 20.2 Å². The van der Waals surface area contributed by atoms with Gasteiger partial charge in [0.2, 0.25) is 0 Å². The molecule has 0 saturated carbocycles. The third kappa shape index (κ3) is 3.06. The second-order valence-electron chi connectivity index (χ2n) is 4.67. The molecule has 0 aliphatic carbocycles. The number of thiophene rings is 1. The smallest absolute Gasteiger partial charge is 0.0777 e. The SMILES string of the molecule is COC1(C)CCCN(Cc2ccc(Br)s2)C1. The predicted octanol–water partition coefficient (Wildman–Crippen LogP) is 3.51. The molecule has 90 valence electrons. The van der Waals surface area contributed by atoms with E-state index in [1.165, 1.54) is 28.0 Å². The van der Waals surface area contributed by atoms with Crippen LogP contribution in [-0.2, 0) is 11.3 Å². The van der Waals surface area contributed by atoms with Crippen molar-refractivity contribution in [2.45, 2.75) is 31.9 Å². The Labute approximate surface area is 110 Å². The lowest BCUT2D eigenvalue weighted by Gasteiger charge is -2.39. The van der Waals surface area contributed by atoms with Crippen molar-refractivity contribution >= 4 is 27.3 Å². The van der Waals surface area contributed by atoms with Crippen LogP contribution in [0.25, 0.3) is 0 Å². The van der Waals surface area contributed by atoms with E-state index in [9.17, 15) is 0 Å². The monoisotopic (exact) mass is 303 g/mol. The summed E-state index contributed by atoms with van der Waals surface area (Å²) in [5.74, 6) is 0. The molecule has 1 aliphatic rings. The van der Waals surface area contributed by atoms with Crippen molar-refractivity contribution in [3.8, 4) is 0 Å². The van der Waals surface area contributed by atoms with Crippen LogP contribution >= 0.6 is 27.3 Å². The van der Waals surface area contributed by atoms with Gasteiger partial charge in [-0.2, -0.15) is 0 Å². The maximum absolute atomic E-state index is 5.60. The predicted molar refractivity (Wildman–Crippen MR) is 71.9 cm³/mol. The van der Waals surface area contributed by atoms with Gasteiger partial charge in [-0.05, 0) is 54.4 Å². The fourth-order valence-electron chi connectivity index (χ4n) is 2.27. The molecule has 16 heavy (non-hydrogen) atoms. The highest BCUT2D eigenvalue weighted by molar-refractivity contribution is 9.11. The van der Waals surface area contributed by atoms with Gasteiger partial charge in [0.25, 0.3) is 0 Å². The molecule has 1 atom stereocenters. The third-order valence-electron chi connectivity index (χ3n) is 3.24. The summed E-state index contributed by atoms with van der Waals surface area (Å²) in [6, 6.07) is 4.33. The lowest BCUT2D eigenvalue weighted by Crippen LogP contribution is -2.46. The molecule has 0 spiro atoms. The van der Waals surface area contributed by atoms with Crippen molar-refractivity contribution in [3.05, 3.63) is 20.8 Å². The lowest BCUT2D eigenvalue weighted by molar-refractivity contribution is -0.0524. The molecule has 4 heteroatoms. The number of rotatable bonds is 3. The largest absolute Gasteiger partial charge is 0.377 e. The van der Waals surface area contributed by atoms with Crippen molar-refractivity contribution in [1.82, 2.24) is 4.90 Å². The van der Waals surface area contributed by atoms with Crippen molar-refractivity contribution in [1.29, 1.82) is 0 Å². The van der Waals surface area contributed by atoms with E-state index in [2.05, 4.69) is 39.9 Å². The van der Waals surface area contributed by atoms with E-state index in [-0.39, 0.29) is 5.60 Å². The first kappa shape index (κ1) is 12.6. The van der Waals surface area contributed by atoms with Crippen molar-refractivity contribution < 1.29 is 4.74 Å². The summed E-state index contributed by atoms with van der Waals surface area (Å²) >= 11 is 5.33. The Kier molecular flexibility index (Phi) is 4.06. The fourth-order valence-corrected chi connectivity index (χ4v) is 3.79. The zero-order valence-corrected chi connectivity index (χ0v) is 12.2. The van der Waals surface area contributed by atoms with Gasteiger partial charge < -0.3 is 4.74 Å². The number of ether oxygens (including phenoxy) is 1. The normalized spacial score (nSPS) is 27.2. The first-order chi connectivity index (χ1) is 7.61. The first-order valence-corrected chi connectivity index (χ1v) is 7.24. The van der Waals surface area contributed by atoms with Crippen LogP contribution in [-0.4, -0.2) is 30.7 Å². The van der Waals surface area contributed by atoms with Crippen LogP contribution in [0.1, 0.15) is 24.6 Å². The Morgan fingerprint density at radius 2 is 2.38 bits per heavy atom. The molecule has 0 N–H and O–H groups in total. The number of hydrogen-bond donors (Lipinski definition) is 0. The highest BCUT2D eigenvalue weighted by Crippen LogP contribution is 2.28. The van der Waals surface area contributed by atoms with Gasteiger partial charge >= 0.3 is 0 Å². The maximum atomic E-state index is 5.60. The lowest BCUT2D eigenvalue weighted by atomic mass is 9.95. The number of methoxy groups -OCH3 is 1. The average molecular weight is 304 g/mol. The van der Waals surface area contributed by atoms with E-state index < -0.39 is 0 Å². The molecule has 0 bridgehead atoms. The summed E-state index contributed by atoms with van der Waals surface area (Å²) in [5, 5.41) is 0. The maximum Gasteiger partial charge on any atom is 0.0777 e. The van der Waals surface area contributed by atoms with Crippen molar-refractivity contribution in [2.24, 2.45) is 0 Å². The quantitative estimate of drug-likeness (QED) is 0.847. The summed E-state index contributed by atoms with van der Waals surface area (Å²) < 4.78 is 6.82. The van der Waals surface area contributed by atoms with Crippen LogP contribution < -0.4 is 0 Å². The second-order valence-corrected chi connectivity index (χ2v) is 7.22. The van der Waals surface area contributed by atoms with E-state index in [0.29, 0.717) is 0 Å². The van der Waals surface area contributed by atoms with Crippen LogP contribution in [0.3, 0.4) is 0 Å². The molecule has 2 rings (SSSR count). The number of piperidine rings is 1. The molecule has 2 nitrogen and oxygen atoms in total. The first-order valence-electron chi connectivity index (χ1n) is 5.63. The van der Waals surface area contributed by atoms with Gasteiger partial charge in [0, 0.05) is 25.1 Å². The minimum Gasteiger partial charge on any atom is -0.377 e. The van der Waals surface area contributed by atoms with Gasteiger partial charge in [-0.3, -0.25) is 4.90 Å². The molecular formula is C12H18BrNOS. The Bertz CT molecular complexity index is 355. The van der Waals surface area contributed by atoms with Crippen LogP contribution in [0.5, 0.6) is 0 Å². The van der Waals surface area contributed by atoms with Gasteiger partial charge in [0.15, 0.2) is 0 Å². The minimum absolute atomic E-state index is 0.0484. The Balaban J connectivity index is 1.95. The van der Waals surface area contributed by atoms with Crippen LogP contribution in [0.15, 0.2) is 15.9 Å². The number of likely N-dealkylation sites (tertiary alicyclic amines) is 1. The Morgan fingerprint density at radius 3 is 3.00 bits per heavy atom. The molecule has 0 amide bonds. The fraction of sp³-hybridized carbons (Fsp3) is 0.667. The Hall–Kier alpha value is 0.1000. The standard InChI is InChI=1S/C12H18BrNOS/c1-12(15-2)6-3-7-14(9-12)8-10-4-5-11(13)16-10/h4-5H,3,6-9H2,1-2H3. The molecule has 1 aliphatic heterocycles. The van der Waals surface area contributed by atoms with E-state index in [1.807, 2.05) is 18.4 Å². The van der Waals surface area contributed by atoms with Crippen LogP contribution in [0.4, 0.5) is 0 Å². The molecule has 2 heterocycles. The van der Waals surface area contributed by atoms with Gasteiger partial charge in [-0.1, -0.05) is 0 Å². The summed E-state index contributed by atoms with van der Waals surface area (Å²) in [4.78, 5) is 3.91. The number of halogens is 1. The molecular weight excluding hydrogens is 286 g/mol. The van der Waals surface area contributed by atoms with E-state index in [0.717, 1.165) is 13.1 Å². The summed E-state index contributed by atoms with van der Waals surface area (Å²) in [6.07, 6.45) is 2.41. The number of hydrogen-bond acceptors (Lipinski definition) is 3. The third-order valence-corrected chi connectivity index (χ3v) is 4.85. The van der Waals surface area contributed by atoms with Gasteiger partial charge in [-0.15, -0.1) is 11.3 Å². The van der Waals surface area contributed by atoms with Gasteiger partial charge in [0.05, 0.1) is 9.39 Å². The molecule has 0 radical (unpaired) electrons. The van der Waals surface area contributed by atoms with Crippen molar-refractivity contribution in [3.63, 3.8) is 0 Å². The second kappa shape index (κ2) is 5.17. The molecule has 1 fully saturated rings. The zero-order chi connectivity index (χ0) is 11.6. The molecule has 1 aromatic heterocycles. The average Bonchev–Trinajstić information content (AvgIpc) is 2.64. The van der Waals surface area contributed by atoms with E-state index >= 15 is 0 Å². The molecule has 1 aromatic rings. The molecule has 0 aromatic carbocycles. The zero-order valence-electron chi connectivity index (χ0n) is 9.83. The highest BCUT2D eigenvalue weighted by atomic mass is 79.9.